The van der Waals surface area contributed by atoms with Gasteiger partial charge in [-0.25, -0.2) is 0 Å². The fraction of sp³-hybridized carbons (Fsp3) is 0.391. The lowest BCUT2D eigenvalue weighted by molar-refractivity contribution is -0.139. The summed E-state index contributed by atoms with van der Waals surface area (Å²) in [4.78, 5) is 30.2. The summed E-state index contributed by atoms with van der Waals surface area (Å²) in [6.45, 7) is 5.40. The van der Waals surface area contributed by atoms with Crippen LogP contribution in [0, 0.1) is 12.8 Å². The highest BCUT2D eigenvalue weighted by atomic mass is 16.5. The van der Waals surface area contributed by atoms with Crippen molar-refractivity contribution >= 4 is 11.8 Å². The second-order valence-electron chi connectivity index (χ2n) is 7.59. The zero-order valence-corrected chi connectivity index (χ0v) is 16.2. The summed E-state index contributed by atoms with van der Waals surface area (Å²) in [5.41, 5.74) is 2.80. The van der Waals surface area contributed by atoms with Crippen LogP contribution < -0.4 is 0 Å². The number of carbonyl (C=O) groups is 2. The lowest BCUT2D eigenvalue weighted by atomic mass is 9.88. The van der Waals surface area contributed by atoms with E-state index in [4.69, 9.17) is 4.74 Å². The normalized spacial score (nSPS) is 22.3. The molecule has 0 aromatic heterocycles. The van der Waals surface area contributed by atoms with Gasteiger partial charge in [0.25, 0.3) is 5.91 Å². The molecule has 0 N–H and O–H groups in total. The van der Waals surface area contributed by atoms with Crippen LogP contribution in [0.3, 0.4) is 0 Å². The highest BCUT2D eigenvalue weighted by molar-refractivity contribution is 5.96. The van der Waals surface area contributed by atoms with Crippen molar-refractivity contribution in [2.24, 2.45) is 5.92 Å². The number of aryl methyl sites for hydroxylation is 1. The van der Waals surface area contributed by atoms with Gasteiger partial charge >= 0.3 is 0 Å². The lowest BCUT2D eigenvalue weighted by Crippen LogP contribution is -2.45. The van der Waals surface area contributed by atoms with Crippen molar-refractivity contribution in [3.8, 4) is 0 Å². The van der Waals surface area contributed by atoms with Gasteiger partial charge in [-0.3, -0.25) is 9.59 Å². The molecule has 2 amide bonds. The van der Waals surface area contributed by atoms with E-state index in [-0.39, 0.29) is 23.7 Å². The summed E-state index contributed by atoms with van der Waals surface area (Å²) >= 11 is 0. The van der Waals surface area contributed by atoms with E-state index in [0.29, 0.717) is 45.0 Å². The molecule has 0 radical (unpaired) electrons. The first-order valence-electron chi connectivity index (χ1n) is 9.91. The molecule has 2 atom stereocenters. The van der Waals surface area contributed by atoms with Crippen LogP contribution in [0.1, 0.15) is 27.4 Å². The van der Waals surface area contributed by atoms with Gasteiger partial charge in [0, 0.05) is 37.7 Å². The first-order chi connectivity index (χ1) is 13.6. The first-order valence-corrected chi connectivity index (χ1v) is 9.91. The predicted octanol–water partition coefficient (Wildman–Crippen LogP) is 2.71. The maximum Gasteiger partial charge on any atom is 0.254 e. The second kappa shape index (κ2) is 8.15. The summed E-state index contributed by atoms with van der Waals surface area (Å²) in [5.74, 6) is -0.0495. The van der Waals surface area contributed by atoms with Gasteiger partial charge in [-0.05, 0) is 24.1 Å². The Hall–Kier alpha value is -2.66. The zero-order valence-electron chi connectivity index (χ0n) is 16.2. The van der Waals surface area contributed by atoms with Crippen LogP contribution in [0.5, 0.6) is 0 Å². The minimum Gasteiger partial charge on any atom is -0.378 e. The van der Waals surface area contributed by atoms with Crippen molar-refractivity contribution < 1.29 is 14.3 Å². The van der Waals surface area contributed by atoms with Crippen LogP contribution in [0.4, 0.5) is 0 Å². The van der Waals surface area contributed by atoms with E-state index in [0.717, 1.165) is 11.1 Å². The van der Waals surface area contributed by atoms with E-state index in [2.05, 4.69) is 12.1 Å². The summed E-state index contributed by atoms with van der Waals surface area (Å²) < 4.78 is 5.40. The molecule has 2 heterocycles. The number of hydrogen-bond acceptors (Lipinski definition) is 3. The lowest BCUT2D eigenvalue weighted by Gasteiger charge is -2.30. The second-order valence-corrected chi connectivity index (χ2v) is 7.59. The first kappa shape index (κ1) is 18.7. The molecule has 0 saturated carbocycles. The fourth-order valence-corrected chi connectivity index (χ4v) is 4.26. The Balaban J connectivity index is 1.60. The molecule has 4 rings (SSSR count). The molecular formula is C23H26N2O3. The van der Waals surface area contributed by atoms with Crippen molar-refractivity contribution in [1.29, 1.82) is 0 Å². The smallest absolute Gasteiger partial charge is 0.254 e. The fourth-order valence-electron chi connectivity index (χ4n) is 4.26. The molecule has 146 valence electrons. The van der Waals surface area contributed by atoms with Crippen molar-refractivity contribution in [1.82, 2.24) is 9.80 Å². The molecule has 2 saturated heterocycles. The van der Waals surface area contributed by atoms with Gasteiger partial charge in [0.05, 0.1) is 19.1 Å². The Labute approximate surface area is 165 Å². The molecule has 2 aromatic carbocycles. The van der Waals surface area contributed by atoms with E-state index >= 15 is 0 Å². The Bertz CT molecular complexity index is 846. The van der Waals surface area contributed by atoms with Crippen LogP contribution in [0.25, 0.3) is 0 Å². The number of hydrogen-bond donors (Lipinski definition) is 0. The van der Waals surface area contributed by atoms with Gasteiger partial charge in [0.1, 0.15) is 0 Å². The molecule has 5 heteroatoms. The third-order valence-electron chi connectivity index (χ3n) is 5.85. The molecule has 2 fully saturated rings. The SMILES string of the molecule is Cc1ccccc1C(=O)N1C[C@H](C(=O)N2CCOCC2)[C@@H](c2ccccc2)C1. The van der Waals surface area contributed by atoms with Crippen molar-refractivity contribution in [2.75, 3.05) is 39.4 Å². The van der Waals surface area contributed by atoms with E-state index < -0.39 is 0 Å². The van der Waals surface area contributed by atoms with E-state index in [1.807, 2.05) is 59.2 Å². The topological polar surface area (TPSA) is 49.9 Å². The van der Waals surface area contributed by atoms with Gasteiger partial charge in [0.2, 0.25) is 5.91 Å². The van der Waals surface area contributed by atoms with Crippen LogP contribution in [0.15, 0.2) is 54.6 Å². The maximum atomic E-state index is 13.3. The quantitative estimate of drug-likeness (QED) is 0.825. The number of nitrogens with zero attached hydrogens (tertiary/aromatic N) is 2. The average Bonchev–Trinajstić information content (AvgIpc) is 3.20. The molecule has 2 aliphatic heterocycles. The Morgan fingerprint density at radius 1 is 0.893 bits per heavy atom. The predicted molar refractivity (Wildman–Crippen MR) is 107 cm³/mol. The number of carbonyl (C=O) groups excluding carboxylic acids is 2. The summed E-state index contributed by atoms with van der Waals surface area (Å²) in [6.07, 6.45) is 0. The minimum absolute atomic E-state index is 0.0105. The molecular weight excluding hydrogens is 352 g/mol. The Morgan fingerprint density at radius 2 is 1.57 bits per heavy atom. The molecule has 28 heavy (non-hydrogen) atoms. The number of likely N-dealkylation sites (tertiary alicyclic amines) is 1. The summed E-state index contributed by atoms with van der Waals surface area (Å²) in [5, 5.41) is 0. The van der Waals surface area contributed by atoms with E-state index in [1.165, 1.54) is 0 Å². The highest BCUT2D eigenvalue weighted by Gasteiger charge is 2.42. The standard InChI is InChI=1S/C23H26N2O3/c1-17-7-5-6-10-19(17)22(26)25-15-20(18-8-3-2-4-9-18)21(16-25)23(27)24-11-13-28-14-12-24/h2-10,20-21H,11-16H2,1H3/t20-,21+/m1/s1. The molecule has 0 bridgehead atoms. The molecule has 0 aliphatic carbocycles. The van der Waals surface area contributed by atoms with Gasteiger partial charge < -0.3 is 14.5 Å². The summed E-state index contributed by atoms with van der Waals surface area (Å²) in [6, 6.07) is 17.7. The summed E-state index contributed by atoms with van der Waals surface area (Å²) in [7, 11) is 0. The van der Waals surface area contributed by atoms with Gasteiger partial charge in [-0.2, -0.15) is 0 Å². The monoisotopic (exact) mass is 378 g/mol. The highest BCUT2D eigenvalue weighted by Crippen LogP contribution is 2.35. The van der Waals surface area contributed by atoms with E-state index in [1.54, 1.807) is 0 Å². The number of amides is 2. The van der Waals surface area contributed by atoms with Gasteiger partial charge in [-0.1, -0.05) is 48.5 Å². The van der Waals surface area contributed by atoms with Crippen molar-refractivity contribution in [2.45, 2.75) is 12.8 Å². The van der Waals surface area contributed by atoms with E-state index in [9.17, 15) is 9.59 Å². The van der Waals surface area contributed by atoms with Crippen LogP contribution in [-0.4, -0.2) is 61.0 Å². The average molecular weight is 378 g/mol. The third kappa shape index (κ3) is 3.67. The zero-order chi connectivity index (χ0) is 19.5. The number of morpholine rings is 1. The number of benzene rings is 2. The third-order valence-corrected chi connectivity index (χ3v) is 5.85. The Kier molecular flexibility index (Phi) is 5.44. The number of rotatable bonds is 3. The molecule has 5 nitrogen and oxygen atoms in total. The molecule has 2 aliphatic rings. The van der Waals surface area contributed by atoms with Gasteiger partial charge in [-0.15, -0.1) is 0 Å². The molecule has 0 spiro atoms. The Morgan fingerprint density at radius 3 is 2.29 bits per heavy atom. The largest absolute Gasteiger partial charge is 0.378 e. The van der Waals surface area contributed by atoms with Crippen LogP contribution in [0.2, 0.25) is 0 Å². The van der Waals surface area contributed by atoms with Gasteiger partial charge in [0.15, 0.2) is 0 Å². The van der Waals surface area contributed by atoms with Crippen LogP contribution in [-0.2, 0) is 9.53 Å². The van der Waals surface area contributed by atoms with Crippen LogP contribution >= 0.6 is 0 Å². The van der Waals surface area contributed by atoms with Crippen molar-refractivity contribution in [3.63, 3.8) is 0 Å². The maximum absolute atomic E-state index is 13.3. The van der Waals surface area contributed by atoms with Crippen molar-refractivity contribution in [3.05, 3.63) is 71.3 Å². The number of ether oxygens (including phenoxy) is 1. The molecule has 2 aromatic rings. The minimum atomic E-state index is -0.214. The molecule has 0 unspecified atom stereocenters.